The van der Waals surface area contributed by atoms with Gasteiger partial charge in [-0.25, -0.2) is 24.9 Å². The quantitative estimate of drug-likeness (QED) is 0.174. The van der Waals surface area contributed by atoms with Crippen LogP contribution >= 0.6 is 22.7 Å². The molecule has 57 heavy (non-hydrogen) atoms. The lowest BCUT2D eigenvalue weighted by atomic mass is 10.0. The third-order valence-electron chi connectivity index (χ3n) is 10.6. The van der Waals surface area contributed by atoms with Gasteiger partial charge in [-0.05, 0) is 48.5 Å². The Kier molecular flexibility index (Phi) is 7.17. The Morgan fingerprint density at radius 3 is 1.84 bits per heavy atom. The van der Waals surface area contributed by atoms with E-state index in [1.165, 1.54) is 20.2 Å². The molecular weight excluding hydrogens is 739 g/mol. The van der Waals surface area contributed by atoms with Crippen molar-refractivity contribution < 1.29 is 4.42 Å². The maximum Gasteiger partial charge on any atom is 0.180 e. The molecule has 0 aliphatic carbocycles. The zero-order valence-electron chi connectivity index (χ0n) is 30.0. The van der Waals surface area contributed by atoms with E-state index in [4.69, 9.17) is 29.3 Å². The summed E-state index contributed by atoms with van der Waals surface area (Å²) >= 11 is 3.55. The van der Waals surface area contributed by atoms with Crippen molar-refractivity contribution in [3.63, 3.8) is 0 Å². The fraction of sp³-hybridized carbons (Fsp3) is 0. The molecule has 0 fully saturated rings. The summed E-state index contributed by atoms with van der Waals surface area (Å²) in [5.41, 5.74) is 7.75. The summed E-state index contributed by atoms with van der Waals surface area (Å²) in [5, 5.41) is 5.65. The van der Waals surface area contributed by atoms with Gasteiger partial charge in [-0.1, -0.05) is 115 Å². The number of para-hydroxylation sites is 1. The predicted molar refractivity (Wildman–Crippen MR) is 236 cm³/mol. The van der Waals surface area contributed by atoms with E-state index < -0.39 is 0 Å². The number of fused-ring (bicyclic) bond motifs is 9. The number of thiophene rings is 2. The van der Waals surface area contributed by atoms with Crippen molar-refractivity contribution in [2.75, 3.05) is 0 Å². The van der Waals surface area contributed by atoms with E-state index in [-0.39, 0.29) is 0 Å². The van der Waals surface area contributed by atoms with E-state index in [1.807, 2.05) is 54.6 Å². The Balaban J connectivity index is 1.06. The molecule has 0 saturated carbocycles. The molecule has 5 heterocycles. The molecule has 0 spiro atoms. The van der Waals surface area contributed by atoms with Crippen molar-refractivity contribution in [2.45, 2.75) is 0 Å². The average molecular weight is 766 g/mol. The van der Waals surface area contributed by atoms with Gasteiger partial charge in [0.15, 0.2) is 28.9 Å². The molecule has 0 amide bonds. The first-order valence-electron chi connectivity index (χ1n) is 18.7. The molecule has 0 aliphatic rings. The van der Waals surface area contributed by atoms with Gasteiger partial charge < -0.3 is 4.42 Å². The highest BCUT2D eigenvalue weighted by atomic mass is 32.1. The smallest absolute Gasteiger partial charge is 0.180 e. The lowest BCUT2D eigenvalue weighted by Crippen LogP contribution is -2.00. The third-order valence-corrected chi connectivity index (χ3v) is 12.8. The minimum atomic E-state index is 0.625. The van der Waals surface area contributed by atoms with Gasteiger partial charge in [0.05, 0.1) is 0 Å². The number of benzene rings is 7. The fourth-order valence-corrected chi connectivity index (χ4v) is 10.1. The van der Waals surface area contributed by atoms with E-state index in [0.717, 1.165) is 70.2 Å². The second kappa shape index (κ2) is 12.7. The van der Waals surface area contributed by atoms with Gasteiger partial charge in [-0.3, -0.25) is 0 Å². The van der Waals surface area contributed by atoms with Crippen LogP contribution in [-0.4, -0.2) is 24.9 Å². The Hall–Kier alpha value is -7.13. The van der Waals surface area contributed by atoms with Gasteiger partial charge in [0, 0.05) is 73.5 Å². The van der Waals surface area contributed by atoms with Crippen LogP contribution in [-0.2, 0) is 0 Å². The molecular formula is C49H27N5OS2. The molecule has 8 heteroatoms. The first-order chi connectivity index (χ1) is 28.2. The van der Waals surface area contributed by atoms with Crippen LogP contribution in [0.4, 0.5) is 0 Å². The topological polar surface area (TPSA) is 77.6 Å². The minimum Gasteiger partial charge on any atom is -0.452 e. The Labute approximate surface area is 333 Å². The van der Waals surface area contributed by atoms with Crippen LogP contribution in [0.25, 0.3) is 119 Å². The minimum absolute atomic E-state index is 0.625. The molecule has 6 nitrogen and oxygen atoms in total. The number of hydrogen-bond acceptors (Lipinski definition) is 8. The Morgan fingerprint density at radius 2 is 0.982 bits per heavy atom. The summed E-state index contributed by atoms with van der Waals surface area (Å²) in [6, 6.07) is 56.4. The van der Waals surface area contributed by atoms with Gasteiger partial charge in [0.2, 0.25) is 0 Å². The maximum absolute atomic E-state index is 6.39. The van der Waals surface area contributed by atoms with Crippen molar-refractivity contribution in [3.8, 4) is 56.8 Å². The standard InChI is InChI=1S/C49H27N5OS2/c1-3-12-28(13-4-1)43-45-44(34-17-7-9-19-37(34)55-45)51-47(50-43)30-23-25-39-36(26-30)42-35(18-11-21-40(42)56-39)49-53-46(29-14-5-2-6-15-29)52-48(54-49)31-22-24-33-32-16-8-10-20-38(32)57-41(33)27-31/h1-27H. The van der Waals surface area contributed by atoms with Crippen molar-refractivity contribution >= 4 is 85.1 Å². The second-order valence-electron chi connectivity index (χ2n) is 14.0. The normalized spacial score (nSPS) is 11.9. The summed E-state index contributed by atoms with van der Waals surface area (Å²) in [6.45, 7) is 0. The van der Waals surface area contributed by atoms with Crippen LogP contribution < -0.4 is 0 Å². The van der Waals surface area contributed by atoms with E-state index in [9.17, 15) is 0 Å². The van der Waals surface area contributed by atoms with Gasteiger partial charge >= 0.3 is 0 Å². The first kappa shape index (κ1) is 32.1. The average Bonchev–Trinajstić information content (AvgIpc) is 3.97. The molecule has 0 saturated heterocycles. The van der Waals surface area contributed by atoms with E-state index in [0.29, 0.717) is 28.9 Å². The molecule has 0 bridgehead atoms. The molecule has 0 unspecified atom stereocenters. The van der Waals surface area contributed by atoms with Crippen molar-refractivity contribution in [1.82, 2.24) is 24.9 Å². The number of rotatable bonds is 5. The van der Waals surface area contributed by atoms with Crippen molar-refractivity contribution in [2.24, 2.45) is 0 Å². The first-order valence-corrected chi connectivity index (χ1v) is 20.3. The summed E-state index contributed by atoms with van der Waals surface area (Å²) in [6.07, 6.45) is 0. The molecule has 266 valence electrons. The van der Waals surface area contributed by atoms with Gasteiger partial charge in [-0.15, -0.1) is 22.7 Å². The summed E-state index contributed by atoms with van der Waals surface area (Å²) in [7, 11) is 0. The predicted octanol–water partition coefficient (Wildman–Crippen LogP) is 13.6. The molecule has 12 aromatic rings. The Bertz CT molecular complexity index is 3540. The van der Waals surface area contributed by atoms with Crippen LogP contribution in [0.3, 0.4) is 0 Å². The lowest BCUT2D eigenvalue weighted by Gasteiger charge is -2.10. The SMILES string of the molecule is c1ccc(-c2nc(-c3ccc4c(c3)sc3ccccc34)nc(-c3cccc4sc5ccc(-c6nc(-c7ccccc7)c7oc8ccccc8c7n6)cc5c34)n2)cc1. The van der Waals surface area contributed by atoms with Crippen molar-refractivity contribution in [3.05, 3.63) is 164 Å². The van der Waals surface area contributed by atoms with E-state index in [2.05, 4.69) is 109 Å². The van der Waals surface area contributed by atoms with Crippen LogP contribution in [0.5, 0.6) is 0 Å². The van der Waals surface area contributed by atoms with Gasteiger partial charge in [-0.2, -0.15) is 0 Å². The van der Waals surface area contributed by atoms with Crippen LogP contribution in [0, 0.1) is 0 Å². The highest BCUT2D eigenvalue weighted by Crippen LogP contribution is 2.43. The zero-order chi connectivity index (χ0) is 37.5. The number of aromatic nitrogens is 5. The largest absolute Gasteiger partial charge is 0.452 e. The second-order valence-corrected chi connectivity index (χ2v) is 16.2. The number of hydrogen-bond donors (Lipinski definition) is 0. The lowest BCUT2D eigenvalue weighted by molar-refractivity contribution is 0.667. The highest BCUT2D eigenvalue weighted by molar-refractivity contribution is 7.26. The van der Waals surface area contributed by atoms with Crippen molar-refractivity contribution in [1.29, 1.82) is 0 Å². The van der Waals surface area contributed by atoms with Gasteiger partial charge in [0.1, 0.15) is 16.8 Å². The molecule has 12 rings (SSSR count). The van der Waals surface area contributed by atoms with E-state index >= 15 is 0 Å². The van der Waals surface area contributed by atoms with E-state index in [1.54, 1.807) is 22.7 Å². The molecule has 0 radical (unpaired) electrons. The molecule has 0 aliphatic heterocycles. The maximum atomic E-state index is 6.39. The number of furan rings is 1. The zero-order valence-corrected chi connectivity index (χ0v) is 31.7. The van der Waals surface area contributed by atoms with Crippen LogP contribution in [0.1, 0.15) is 0 Å². The van der Waals surface area contributed by atoms with Crippen LogP contribution in [0.2, 0.25) is 0 Å². The fourth-order valence-electron chi connectivity index (χ4n) is 7.87. The summed E-state index contributed by atoms with van der Waals surface area (Å²) < 4.78 is 11.2. The molecule has 7 aromatic carbocycles. The number of nitrogens with zero attached hydrogens (tertiary/aromatic N) is 5. The summed E-state index contributed by atoms with van der Waals surface area (Å²) in [4.78, 5) is 25.8. The highest BCUT2D eigenvalue weighted by Gasteiger charge is 2.21. The molecule has 0 atom stereocenters. The molecule has 0 N–H and O–H groups in total. The van der Waals surface area contributed by atoms with Crippen LogP contribution in [0.15, 0.2) is 168 Å². The van der Waals surface area contributed by atoms with Gasteiger partial charge in [0.25, 0.3) is 0 Å². The Morgan fingerprint density at radius 1 is 0.368 bits per heavy atom. The summed E-state index contributed by atoms with van der Waals surface area (Å²) in [5.74, 6) is 2.53. The monoisotopic (exact) mass is 765 g/mol. The molecule has 5 aromatic heterocycles. The third kappa shape index (κ3) is 5.26.